The van der Waals surface area contributed by atoms with Gasteiger partial charge in [0, 0.05) is 11.1 Å². The standard InChI is InChI=1S/C16H18N2O3S/c1-10(2)13-9-17-16(22-13)18-15(21)12(8-14(19)20)11-6-4-3-5-7-11/h3-7,9-10,12H,8H2,1-2H3,(H,19,20)(H,17,18,21)/t12-/m0/s1. The number of rotatable bonds is 6. The summed E-state index contributed by atoms with van der Waals surface area (Å²) in [7, 11) is 0. The first-order chi connectivity index (χ1) is 10.5. The van der Waals surface area contributed by atoms with Gasteiger partial charge in [-0.1, -0.05) is 44.2 Å². The van der Waals surface area contributed by atoms with Crippen molar-refractivity contribution in [2.24, 2.45) is 0 Å². The van der Waals surface area contributed by atoms with E-state index in [2.05, 4.69) is 24.1 Å². The number of hydrogen-bond acceptors (Lipinski definition) is 4. The van der Waals surface area contributed by atoms with Gasteiger partial charge in [0.1, 0.15) is 0 Å². The highest BCUT2D eigenvalue weighted by atomic mass is 32.1. The molecule has 2 aromatic rings. The summed E-state index contributed by atoms with van der Waals surface area (Å²) in [5.41, 5.74) is 0.683. The highest BCUT2D eigenvalue weighted by Crippen LogP contribution is 2.27. The Morgan fingerprint density at radius 3 is 2.50 bits per heavy atom. The van der Waals surface area contributed by atoms with Crippen LogP contribution in [-0.2, 0) is 9.59 Å². The molecule has 1 atom stereocenters. The van der Waals surface area contributed by atoms with Gasteiger partial charge in [-0.2, -0.15) is 0 Å². The second-order valence-electron chi connectivity index (χ2n) is 5.27. The maximum Gasteiger partial charge on any atom is 0.304 e. The zero-order valence-corrected chi connectivity index (χ0v) is 13.3. The van der Waals surface area contributed by atoms with Crippen LogP contribution in [0, 0.1) is 0 Å². The number of aromatic nitrogens is 1. The molecule has 0 saturated heterocycles. The van der Waals surface area contributed by atoms with Crippen LogP contribution >= 0.6 is 11.3 Å². The molecular weight excluding hydrogens is 300 g/mol. The van der Waals surface area contributed by atoms with Crippen LogP contribution in [0.3, 0.4) is 0 Å². The largest absolute Gasteiger partial charge is 0.481 e. The normalized spacial score (nSPS) is 12.1. The summed E-state index contributed by atoms with van der Waals surface area (Å²) < 4.78 is 0. The first-order valence-corrected chi connectivity index (χ1v) is 7.82. The Kier molecular flexibility index (Phi) is 5.27. The van der Waals surface area contributed by atoms with Crippen LogP contribution in [0.15, 0.2) is 36.5 Å². The topological polar surface area (TPSA) is 79.3 Å². The Hall–Kier alpha value is -2.21. The van der Waals surface area contributed by atoms with E-state index in [0.29, 0.717) is 16.6 Å². The summed E-state index contributed by atoms with van der Waals surface area (Å²) >= 11 is 1.41. The number of carboxylic acid groups (broad SMARTS) is 1. The van der Waals surface area contributed by atoms with E-state index in [1.165, 1.54) is 11.3 Å². The Labute approximate surface area is 133 Å². The second-order valence-corrected chi connectivity index (χ2v) is 6.34. The van der Waals surface area contributed by atoms with Crippen molar-refractivity contribution in [3.63, 3.8) is 0 Å². The number of nitrogens with zero attached hydrogens (tertiary/aromatic N) is 1. The van der Waals surface area contributed by atoms with Crippen LogP contribution in [-0.4, -0.2) is 22.0 Å². The number of thiazole rings is 1. The van der Waals surface area contributed by atoms with Crippen molar-refractivity contribution < 1.29 is 14.7 Å². The lowest BCUT2D eigenvalue weighted by molar-refractivity contribution is -0.139. The maximum absolute atomic E-state index is 12.4. The third-order valence-electron chi connectivity index (χ3n) is 3.22. The minimum absolute atomic E-state index is 0.252. The molecule has 0 spiro atoms. The van der Waals surface area contributed by atoms with Crippen molar-refractivity contribution in [1.82, 2.24) is 4.98 Å². The fraction of sp³-hybridized carbons (Fsp3) is 0.312. The molecule has 116 valence electrons. The molecular formula is C16H18N2O3S. The van der Waals surface area contributed by atoms with E-state index >= 15 is 0 Å². The fourth-order valence-corrected chi connectivity index (χ4v) is 2.85. The van der Waals surface area contributed by atoms with E-state index in [0.717, 1.165) is 4.88 Å². The molecule has 2 rings (SSSR count). The molecule has 0 radical (unpaired) electrons. The minimum atomic E-state index is -1.01. The summed E-state index contributed by atoms with van der Waals surface area (Å²) in [6.07, 6.45) is 1.48. The van der Waals surface area contributed by atoms with Gasteiger partial charge >= 0.3 is 5.97 Å². The summed E-state index contributed by atoms with van der Waals surface area (Å²) in [4.78, 5) is 28.7. The third kappa shape index (κ3) is 4.14. The first-order valence-electron chi connectivity index (χ1n) is 7.00. The summed E-state index contributed by atoms with van der Waals surface area (Å²) in [6.45, 7) is 4.10. The van der Waals surface area contributed by atoms with Gasteiger partial charge in [0.25, 0.3) is 0 Å². The van der Waals surface area contributed by atoms with Gasteiger partial charge in [-0.15, -0.1) is 11.3 Å². The molecule has 1 heterocycles. The lowest BCUT2D eigenvalue weighted by Gasteiger charge is -2.14. The highest BCUT2D eigenvalue weighted by molar-refractivity contribution is 7.15. The van der Waals surface area contributed by atoms with E-state index in [1.807, 2.05) is 6.07 Å². The van der Waals surface area contributed by atoms with Crippen molar-refractivity contribution in [3.05, 3.63) is 47.0 Å². The quantitative estimate of drug-likeness (QED) is 0.855. The number of anilines is 1. The van der Waals surface area contributed by atoms with Gasteiger partial charge < -0.3 is 10.4 Å². The molecule has 0 aliphatic heterocycles. The molecule has 5 nitrogen and oxygen atoms in total. The molecule has 1 aromatic carbocycles. The van der Waals surface area contributed by atoms with Gasteiger partial charge in [-0.25, -0.2) is 4.98 Å². The van der Waals surface area contributed by atoms with Crippen molar-refractivity contribution in [3.8, 4) is 0 Å². The van der Waals surface area contributed by atoms with Gasteiger partial charge in [-0.05, 0) is 11.5 Å². The van der Waals surface area contributed by atoms with Crippen molar-refractivity contribution in [1.29, 1.82) is 0 Å². The molecule has 0 aliphatic carbocycles. The summed E-state index contributed by atoms with van der Waals surface area (Å²) in [6, 6.07) is 8.92. The molecule has 0 bridgehead atoms. The van der Waals surface area contributed by atoms with Gasteiger partial charge in [0.05, 0.1) is 12.3 Å². The Morgan fingerprint density at radius 1 is 1.27 bits per heavy atom. The SMILES string of the molecule is CC(C)c1cnc(NC(=O)[C@@H](CC(=O)O)c2ccccc2)s1. The van der Waals surface area contributed by atoms with Crippen LogP contribution < -0.4 is 5.32 Å². The van der Waals surface area contributed by atoms with Crippen molar-refractivity contribution >= 4 is 28.3 Å². The van der Waals surface area contributed by atoms with Crippen LogP contribution in [0.4, 0.5) is 5.13 Å². The average Bonchev–Trinajstić information content (AvgIpc) is 2.94. The predicted molar refractivity (Wildman–Crippen MR) is 86.3 cm³/mol. The molecule has 1 amide bonds. The third-order valence-corrected chi connectivity index (χ3v) is 4.43. The molecule has 0 fully saturated rings. The predicted octanol–water partition coefficient (Wildman–Crippen LogP) is 3.46. The zero-order chi connectivity index (χ0) is 16.1. The van der Waals surface area contributed by atoms with E-state index in [9.17, 15) is 9.59 Å². The summed E-state index contributed by atoms with van der Waals surface area (Å²) in [5.74, 6) is -1.75. The second kappa shape index (κ2) is 7.17. The Morgan fingerprint density at radius 2 is 1.95 bits per heavy atom. The van der Waals surface area contributed by atoms with E-state index in [-0.39, 0.29) is 12.3 Å². The molecule has 1 aromatic heterocycles. The molecule has 0 unspecified atom stereocenters. The van der Waals surface area contributed by atoms with E-state index in [4.69, 9.17) is 5.11 Å². The number of carboxylic acids is 1. The van der Waals surface area contributed by atoms with Crippen LogP contribution in [0.25, 0.3) is 0 Å². The first kappa shape index (κ1) is 16.2. The van der Waals surface area contributed by atoms with Crippen LogP contribution in [0.2, 0.25) is 0 Å². The fourth-order valence-electron chi connectivity index (χ4n) is 2.03. The van der Waals surface area contributed by atoms with Gasteiger partial charge in [0.2, 0.25) is 5.91 Å². The highest BCUT2D eigenvalue weighted by Gasteiger charge is 2.24. The zero-order valence-electron chi connectivity index (χ0n) is 12.4. The minimum Gasteiger partial charge on any atom is -0.481 e. The number of hydrogen-bond donors (Lipinski definition) is 2. The molecule has 0 saturated carbocycles. The van der Waals surface area contributed by atoms with Crippen molar-refractivity contribution in [2.75, 3.05) is 5.32 Å². The lowest BCUT2D eigenvalue weighted by Crippen LogP contribution is -2.23. The lowest BCUT2D eigenvalue weighted by atomic mass is 9.95. The smallest absolute Gasteiger partial charge is 0.304 e. The number of aliphatic carboxylic acids is 1. The van der Waals surface area contributed by atoms with Gasteiger partial charge in [-0.3, -0.25) is 9.59 Å². The molecule has 22 heavy (non-hydrogen) atoms. The van der Waals surface area contributed by atoms with E-state index in [1.54, 1.807) is 30.5 Å². The number of amides is 1. The Balaban J connectivity index is 2.16. The van der Waals surface area contributed by atoms with E-state index < -0.39 is 11.9 Å². The Bertz CT molecular complexity index is 652. The number of carbonyl (C=O) groups is 2. The van der Waals surface area contributed by atoms with Crippen LogP contribution in [0.5, 0.6) is 0 Å². The molecule has 6 heteroatoms. The number of nitrogens with one attached hydrogen (secondary N) is 1. The molecule has 2 N–H and O–H groups in total. The maximum atomic E-state index is 12.4. The van der Waals surface area contributed by atoms with Crippen molar-refractivity contribution in [2.45, 2.75) is 32.1 Å². The van der Waals surface area contributed by atoms with Crippen LogP contribution in [0.1, 0.15) is 42.5 Å². The average molecular weight is 318 g/mol. The summed E-state index contributed by atoms with van der Waals surface area (Å²) in [5, 5.41) is 12.3. The number of benzene rings is 1. The molecule has 0 aliphatic rings. The number of carbonyl (C=O) groups excluding carboxylic acids is 1. The van der Waals surface area contributed by atoms with Gasteiger partial charge in [0.15, 0.2) is 5.13 Å². The monoisotopic (exact) mass is 318 g/mol.